The zero-order valence-electron chi connectivity index (χ0n) is 9.77. The van der Waals surface area contributed by atoms with Gasteiger partial charge < -0.3 is 5.73 Å². The molecule has 0 spiro atoms. The fraction of sp³-hybridized carbons (Fsp3) is 0. The Bertz CT molecular complexity index is 675. The number of hydrogen-bond donors (Lipinski definition) is 1. The third kappa shape index (κ3) is 2.72. The van der Waals surface area contributed by atoms with Crippen LogP contribution in [0.4, 0.5) is 4.39 Å². The molecular weight excluding hydrogens is 265 g/mol. The topological polar surface area (TPSA) is 62.7 Å². The van der Waals surface area contributed by atoms with Gasteiger partial charge >= 0.3 is 0 Å². The molecular formula is C14H9ClFN3. The Balaban J connectivity index is 2.56. The zero-order chi connectivity index (χ0) is 13.8. The van der Waals surface area contributed by atoms with Gasteiger partial charge in [-0.15, -0.1) is 0 Å². The number of benzene rings is 1. The summed E-state index contributed by atoms with van der Waals surface area (Å²) in [6.45, 7) is 0. The molecule has 94 valence electrons. The van der Waals surface area contributed by atoms with Crippen LogP contribution >= 0.6 is 11.6 Å². The Kier molecular flexibility index (Phi) is 3.79. The molecule has 0 radical (unpaired) electrons. The summed E-state index contributed by atoms with van der Waals surface area (Å²) in [5.74, 6) is -0.575. The third-order valence-corrected chi connectivity index (χ3v) is 2.89. The summed E-state index contributed by atoms with van der Waals surface area (Å²) in [6.07, 6.45) is 3.12. The van der Waals surface area contributed by atoms with Crippen LogP contribution in [-0.2, 0) is 0 Å². The first-order chi connectivity index (χ1) is 9.13. The van der Waals surface area contributed by atoms with E-state index in [1.54, 1.807) is 30.6 Å². The molecule has 5 heteroatoms. The number of nitrogens with zero attached hydrogens (tertiary/aromatic N) is 2. The fourth-order valence-electron chi connectivity index (χ4n) is 1.61. The van der Waals surface area contributed by atoms with Crippen molar-refractivity contribution in [1.29, 1.82) is 5.26 Å². The van der Waals surface area contributed by atoms with Crippen molar-refractivity contribution in [2.24, 2.45) is 5.73 Å². The van der Waals surface area contributed by atoms with Gasteiger partial charge in [-0.2, -0.15) is 5.26 Å². The Morgan fingerprint density at radius 1 is 1.21 bits per heavy atom. The molecule has 1 aromatic carbocycles. The standard InChI is InChI=1S/C14H9ClFN3/c15-12-2-1-10(7-13(12)16)14(18)11(8-17)9-3-5-19-6-4-9/h1-7H,18H2/b14-11-. The molecule has 1 heterocycles. The highest BCUT2D eigenvalue weighted by Crippen LogP contribution is 2.24. The zero-order valence-corrected chi connectivity index (χ0v) is 10.5. The van der Waals surface area contributed by atoms with Crippen molar-refractivity contribution < 1.29 is 4.39 Å². The van der Waals surface area contributed by atoms with E-state index in [0.717, 1.165) is 0 Å². The summed E-state index contributed by atoms with van der Waals surface area (Å²) in [4.78, 5) is 3.87. The first kappa shape index (κ1) is 13.1. The molecule has 2 N–H and O–H groups in total. The molecule has 0 amide bonds. The molecule has 1 aromatic heterocycles. The lowest BCUT2D eigenvalue weighted by molar-refractivity contribution is 0.628. The molecule has 0 atom stereocenters. The van der Waals surface area contributed by atoms with Crippen LogP contribution in [0, 0.1) is 17.1 Å². The highest BCUT2D eigenvalue weighted by atomic mass is 35.5. The highest BCUT2D eigenvalue weighted by Gasteiger charge is 2.10. The quantitative estimate of drug-likeness (QED) is 0.855. The van der Waals surface area contributed by atoms with Crippen molar-refractivity contribution in [3.8, 4) is 6.07 Å². The van der Waals surface area contributed by atoms with Crippen molar-refractivity contribution in [2.45, 2.75) is 0 Å². The number of nitrogens with two attached hydrogens (primary N) is 1. The van der Waals surface area contributed by atoms with Crippen LogP contribution < -0.4 is 5.73 Å². The minimum atomic E-state index is -0.575. The van der Waals surface area contributed by atoms with Gasteiger partial charge in [-0.1, -0.05) is 17.7 Å². The molecule has 0 aliphatic rings. The SMILES string of the molecule is N#C/C(=C(/N)c1ccc(Cl)c(F)c1)c1ccncc1. The molecule has 0 aliphatic carbocycles. The van der Waals surface area contributed by atoms with Crippen molar-refractivity contribution >= 4 is 22.9 Å². The van der Waals surface area contributed by atoms with Crippen LogP contribution in [0.15, 0.2) is 42.7 Å². The lowest BCUT2D eigenvalue weighted by Crippen LogP contribution is -2.01. The predicted octanol–water partition coefficient (Wildman–Crippen LogP) is 3.22. The van der Waals surface area contributed by atoms with Crippen molar-refractivity contribution in [3.63, 3.8) is 0 Å². The number of rotatable bonds is 2. The molecule has 0 saturated heterocycles. The lowest BCUT2D eigenvalue weighted by Gasteiger charge is -2.07. The lowest BCUT2D eigenvalue weighted by atomic mass is 10.0. The van der Waals surface area contributed by atoms with Gasteiger partial charge in [0.05, 0.1) is 16.3 Å². The highest BCUT2D eigenvalue weighted by molar-refractivity contribution is 6.30. The Morgan fingerprint density at radius 3 is 2.47 bits per heavy atom. The van der Waals surface area contributed by atoms with E-state index in [-0.39, 0.29) is 16.3 Å². The number of pyridine rings is 1. The summed E-state index contributed by atoms with van der Waals surface area (Å²) in [5.41, 5.74) is 7.44. The Hall–Kier alpha value is -2.38. The van der Waals surface area contributed by atoms with E-state index < -0.39 is 5.82 Å². The van der Waals surface area contributed by atoms with Gasteiger partial charge in [0.1, 0.15) is 11.9 Å². The molecule has 0 unspecified atom stereocenters. The normalized spacial score (nSPS) is 11.6. The van der Waals surface area contributed by atoms with Crippen LogP contribution in [0.2, 0.25) is 5.02 Å². The van der Waals surface area contributed by atoms with E-state index in [1.807, 2.05) is 6.07 Å². The molecule has 2 rings (SSSR count). The van der Waals surface area contributed by atoms with E-state index in [0.29, 0.717) is 11.1 Å². The molecule has 0 bridgehead atoms. The second-order valence-corrected chi connectivity index (χ2v) is 4.17. The van der Waals surface area contributed by atoms with Crippen LogP contribution in [0.3, 0.4) is 0 Å². The summed E-state index contributed by atoms with van der Waals surface area (Å²) >= 11 is 5.61. The van der Waals surface area contributed by atoms with E-state index in [1.165, 1.54) is 12.1 Å². The van der Waals surface area contributed by atoms with Crippen LogP contribution in [0.25, 0.3) is 11.3 Å². The van der Waals surface area contributed by atoms with Gasteiger partial charge in [0.2, 0.25) is 0 Å². The maximum atomic E-state index is 13.4. The molecule has 0 saturated carbocycles. The summed E-state index contributed by atoms with van der Waals surface area (Å²) in [5, 5.41) is 9.22. The predicted molar refractivity (Wildman–Crippen MR) is 72.3 cm³/mol. The third-order valence-electron chi connectivity index (χ3n) is 2.58. The van der Waals surface area contributed by atoms with E-state index in [9.17, 15) is 9.65 Å². The number of nitriles is 1. The average molecular weight is 274 g/mol. The van der Waals surface area contributed by atoms with Gasteiger partial charge in [0.25, 0.3) is 0 Å². The number of aromatic nitrogens is 1. The van der Waals surface area contributed by atoms with Gasteiger partial charge in [0.15, 0.2) is 0 Å². The summed E-state index contributed by atoms with van der Waals surface area (Å²) in [6, 6.07) is 9.53. The number of hydrogen-bond acceptors (Lipinski definition) is 3. The molecule has 3 nitrogen and oxygen atoms in total. The molecule has 2 aromatic rings. The number of halogens is 2. The minimum Gasteiger partial charge on any atom is -0.397 e. The van der Waals surface area contributed by atoms with Gasteiger partial charge in [-0.05, 0) is 29.8 Å². The molecule has 0 fully saturated rings. The van der Waals surface area contributed by atoms with Crippen molar-refractivity contribution in [1.82, 2.24) is 4.98 Å². The summed E-state index contributed by atoms with van der Waals surface area (Å²) < 4.78 is 13.4. The van der Waals surface area contributed by atoms with E-state index in [2.05, 4.69) is 4.98 Å². The largest absolute Gasteiger partial charge is 0.397 e. The summed E-state index contributed by atoms with van der Waals surface area (Å²) in [7, 11) is 0. The maximum absolute atomic E-state index is 13.4. The van der Waals surface area contributed by atoms with Crippen molar-refractivity contribution in [2.75, 3.05) is 0 Å². The minimum absolute atomic E-state index is 0.0129. The van der Waals surface area contributed by atoms with Crippen LogP contribution in [0.5, 0.6) is 0 Å². The van der Waals surface area contributed by atoms with Gasteiger partial charge in [-0.25, -0.2) is 4.39 Å². The van der Waals surface area contributed by atoms with Crippen LogP contribution in [0.1, 0.15) is 11.1 Å². The van der Waals surface area contributed by atoms with E-state index in [4.69, 9.17) is 17.3 Å². The number of allylic oxidation sites excluding steroid dienone is 1. The average Bonchev–Trinajstić information content (AvgIpc) is 2.44. The van der Waals surface area contributed by atoms with Crippen molar-refractivity contribution in [3.05, 3.63) is 64.7 Å². The second kappa shape index (κ2) is 5.51. The van der Waals surface area contributed by atoms with Gasteiger partial charge in [-0.3, -0.25) is 4.98 Å². The van der Waals surface area contributed by atoms with E-state index >= 15 is 0 Å². The molecule has 0 aliphatic heterocycles. The Labute approximate surface area is 114 Å². The first-order valence-corrected chi connectivity index (χ1v) is 5.77. The molecule has 19 heavy (non-hydrogen) atoms. The Morgan fingerprint density at radius 2 is 1.89 bits per heavy atom. The van der Waals surface area contributed by atoms with Crippen LogP contribution in [-0.4, -0.2) is 4.98 Å². The first-order valence-electron chi connectivity index (χ1n) is 5.39. The monoisotopic (exact) mass is 273 g/mol. The maximum Gasteiger partial charge on any atom is 0.142 e. The second-order valence-electron chi connectivity index (χ2n) is 3.77. The fourth-order valence-corrected chi connectivity index (χ4v) is 1.72. The van der Waals surface area contributed by atoms with Gasteiger partial charge in [0, 0.05) is 18.0 Å². The smallest absolute Gasteiger partial charge is 0.142 e.